The highest BCUT2D eigenvalue weighted by atomic mass is 16.4. The number of carboxylic acid groups (broad SMARTS) is 1. The molecule has 0 amide bonds. The van der Waals surface area contributed by atoms with Crippen LogP contribution in [0.25, 0.3) is 5.65 Å². The van der Waals surface area contributed by atoms with Crippen LogP contribution in [0.1, 0.15) is 30.0 Å². The van der Waals surface area contributed by atoms with Gasteiger partial charge in [-0.2, -0.15) is 5.10 Å². The zero-order valence-corrected chi connectivity index (χ0v) is 9.01. The standard InChI is InChI=1S/C9H5N3O2.C2H6/c1-2-6-3-4-12-8(10-6)5-7(11-12)9(13)14;1-2/h1,3-5H,(H,13,14);1-2H3. The van der Waals surface area contributed by atoms with Gasteiger partial charge in [-0.05, 0) is 6.07 Å². The number of carbonyl (C=O) groups is 1. The van der Waals surface area contributed by atoms with Crippen LogP contribution in [0, 0.1) is 12.3 Å². The van der Waals surface area contributed by atoms with Crippen molar-refractivity contribution in [2.45, 2.75) is 13.8 Å². The van der Waals surface area contributed by atoms with Crippen molar-refractivity contribution in [3.63, 3.8) is 0 Å². The quantitative estimate of drug-likeness (QED) is 0.734. The van der Waals surface area contributed by atoms with Crippen molar-refractivity contribution in [1.82, 2.24) is 14.6 Å². The Labute approximate surface area is 92.7 Å². The molecule has 0 aliphatic carbocycles. The smallest absolute Gasteiger partial charge is 0.356 e. The van der Waals surface area contributed by atoms with Crippen LogP contribution in [0.3, 0.4) is 0 Å². The summed E-state index contributed by atoms with van der Waals surface area (Å²) in [4.78, 5) is 14.6. The van der Waals surface area contributed by atoms with E-state index in [-0.39, 0.29) is 5.69 Å². The van der Waals surface area contributed by atoms with Gasteiger partial charge >= 0.3 is 5.97 Å². The molecule has 82 valence electrons. The minimum atomic E-state index is -1.09. The number of terminal acetylenes is 1. The van der Waals surface area contributed by atoms with Gasteiger partial charge in [0.1, 0.15) is 5.69 Å². The van der Waals surface area contributed by atoms with Gasteiger partial charge in [0.25, 0.3) is 0 Å². The fourth-order valence-electron chi connectivity index (χ4n) is 1.06. The second kappa shape index (κ2) is 4.94. The molecule has 2 heterocycles. The molecule has 0 fully saturated rings. The predicted octanol–water partition coefficient (Wildman–Crippen LogP) is 1.43. The van der Waals surface area contributed by atoms with E-state index in [1.807, 2.05) is 13.8 Å². The summed E-state index contributed by atoms with van der Waals surface area (Å²) in [5.41, 5.74) is 0.832. The number of aromatic carboxylic acids is 1. The first kappa shape index (κ1) is 11.7. The molecule has 2 aromatic rings. The van der Waals surface area contributed by atoms with E-state index in [1.54, 1.807) is 12.3 Å². The molecule has 0 spiro atoms. The lowest BCUT2D eigenvalue weighted by molar-refractivity contribution is 0.0690. The van der Waals surface area contributed by atoms with E-state index in [2.05, 4.69) is 16.0 Å². The maximum Gasteiger partial charge on any atom is 0.356 e. The molecule has 1 N–H and O–H groups in total. The Kier molecular flexibility index (Phi) is 3.62. The number of hydrogen-bond donors (Lipinski definition) is 1. The van der Waals surface area contributed by atoms with Crippen molar-refractivity contribution in [2.75, 3.05) is 0 Å². The lowest BCUT2D eigenvalue weighted by Crippen LogP contribution is -1.97. The van der Waals surface area contributed by atoms with Crippen LogP contribution in [-0.2, 0) is 0 Å². The Morgan fingerprint density at radius 1 is 1.56 bits per heavy atom. The lowest BCUT2D eigenvalue weighted by Gasteiger charge is -1.91. The predicted molar refractivity (Wildman–Crippen MR) is 59.2 cm³/mol. The Morgan fingerprint density at radius 3 is 2.81 bits per heavy atom. The normalized spacial score (nSPS) is 9.06. The zero-order valence-electron chi connectivity index (χ0n) is 9.01. The molecule has 0 aliphatic heterocycles. The van der Waals surface area contributed by atoms with Crippen molar-refractivity contribution in [3.05, 3.63) is 29.7 Å². The Morgan fingerprint density at radius 2 is 2.25 bits per heavy atom. The fraction of sp³-hybridized carbons (Fsp3) is 0.182. The highest BCUT2D eigenvalue weighted by Crippen LogP contribution is 2.04. The summed E-state index contributed by atoms with van der Waals surface area (Å²) in [6, 6.07) is 2.95. The molecule has 2 rings (SSSR count). The average Bonchev–Trinajstić information content (AvgIpc) is 2.74. The average molecular weight is 217 g/mol. The molecule has 2 aromatic heterocycles. The molecule has 0 saturated heterocycles. The minimum absolute atomic E-state index is 0.0494. The van der Waals surface area contributed by atoms with E-state index >= 15 is 0 Å². The van der Waals surface area contributed by atoms with Gasteiger partial charge in [-0.25, -0.2) is 14.3 Å². The third kappa shape index (κ3) is 2.17. The number of hydrogen-bond acceptors (Lipinski definition) is 3. The van der Waals surface area contributed by atoms with Crippen LogP contribution in [0.5, 0.6) is 0 Å². The van der Waals surface area contributed by atoms with Crippen molar-refractivity contribution < 1.29 is 9.90 Å². The summed E-state index contributed by atoms with van der Waals surface area (Å²) in [5.74, 6) is 1.27. The molecule has 0 atom stereocenters. The molecule has 5 heteroatoms. The molecular formula is C11H11N3O2. The SMILES string of the molecule is C#Cc1ccn2nc(C(=O)O)cc2n1.CC. The Bertz CT molecular complexity index is 552. The fourth-order valence-corrected chi connectivity index (χ4v) is 1.06. The van der Waals surface area contributed by atoms with Gasteiger partial charge in [0.2, 0.25) is 0 Å². The summed E-state index contributed by atoms with van der Waals surface area (Å²) < 4.78 is 1.37. The minimum Gasteiger partial charge on any atom is -0.476 e. The molecule has 0 bridgehead atoms. The summed E-state index contributed by atoms with van der Waals surface area (Å²) in [7, 11) is 0. The van der Waals surface area contributed by atoms with Gasteiger partial charge in [-0.1, -0.05) is 19.8 Å². The van der Waals surface area contributed by atoms with Crippen LogP contribution < -0.4 is 0 Å². The van der Waals surface area contributed by atoms with E-state index in [0.717, 1.165) is 0 Å². The number of aromatic nitrogens is 3. The van der Waals surface area contributed by atoms with Crippen molar-refractivity contribution in [1.29, 1.82) is 0 Å². The first-order valence-electron chi connectivity index (χ1n) is 4.77. The topological polar surface area (TPSA) is 67.5 Å². The molecule has 0 unspecified atom stereocenters. The van der Waals surface area contributed by atoms with Gasteiger partial charge in [-0.3, -0.25) is 0 Å². The van der Waals surface area contributed by atoms with Crippen LogP contribution in [0.4, 0.5) is 0 Å². The highest BCUT2D eigenvalue weighted by molar-refractivity contribution is 5.86. The molecule has 0 aromatic carbocycles. The summed E-state index contributed by atoms with van der Waals surface area (Å²) in [6.45, 7) is 4.00. The largest absolute Gasteiger partial charge is 0.476 e. The maximum absolute atomic E-state index is 10.6. The molecule has 16 heavy (non-hydrogen) atoms. The van der Waals surface area contributed by atoms with Crippen molar-refractivity contribution in [3.8, 4) is 12.3 Å². The van der Waals surface area contributed by atoms with Crippen molar-refractivity contribution >= 4 is 11.6 Å². The lowest BCUT2D eigenvalue weighted by atomic mass is 10.4. The third-order valence-corrected chi connectivity index (χ3v) is 1.69. The van der Waals surface area contributed by atoms with Crippen LogP contribution >= 0.6 is 0 Å². The van der Waals surface area contributed by atoms with Crippen LogP contribution in [-0.4, -0.2) is 25.7 Å². The number of rotatable bonds is 1. The molecular weight excluding hydrogens is 206 g/mol. The van der Waals surface area contributed by atoms with E-state index in [1.165, 1.54) is 10.6 Å². The summed E-state index contributed by atoms with van der Waals surface area (Å²) in [6.07, 6.45) is 6.72. The monoisotopic (exact) mass is 217 g/mol. The van der Waals surface area contributed by atoms with Gasteiger partial charge in [0.05, 0.1) is 0 Å². The molecule has 0 saturated carbocycles. The van der Waals surface area contributed by atoms with E-state index in [0.29, 0.717) is 11.3 Å². The Balaban J connectivity index is 0.000000606. The third-order valence-electron chi connectivity index (χ3n) is 1.69. The summed E-state index contributed by atoms with van der Waals surface area (Å²) in [5, 5.41) is 12.4. The van der Waals surface area contributed by atoms with Crippen LogP contribution in [0.15, 0.2) is 18.3 Å². The molecule has 0 radical (unpaired) electrons. The highest BCUT2D eigenvalue weighted by Gasteiger charge is 2.08. The number of nitrogens with zero attached hydrogens (tertiary/aromatic N) is 3. The summed E-state index contributed by atoms with van der Waals surface area (Å²) >= 11 is 0. The second-order valence-electron chi connectivity index (χ2n) is 2.59. The van der Waals surface area contributed by atoms with Gasteiger partial charge in [-0.15, -0.1) is 6.42 Å². The van der Waals surface area contributed by atoms with Gasteiger partial charge < -0.3 is 5.11 Å². The van der Waals surface area contributed by atoms with Crippen LogP contribution in [0.2, 0.25) is 0 Å². The van der Waals surface area contributed by atoms with E-state index in [9.17, 15) is 4.79 Å². The van der Waals surface area contributed by atoms with Gasteiger partial charge in [0, 0.05) is 12.3 Å². The second-order valence-corrected chi connectivity index (χ2v) is 2.59. The van der Waals surface area contributed by atoms with Crippen molar-refractivity contribution in [2.24, 2.45) is 0 Å². The maximum atomic E-state index is 10.6. The molecule has 5 nitrogen and oxygen atoms in total. The first-order chi connectivity index (χ1) is 7.70. The zero-order chi connectivity index (χ0) is 12.1. The van der Waals surface area contributed by atoms with Gasteiger partial charge in [0.15, 0.2) is 11.3 Å². The van der Waals surface area contributed by atoms with E-state index < -0.39 is 5.97 Å². The Hall–Kier alpha value is -2.35. The number of carboxylic acids is 1. The van der Waals surface area contributed by atoms with E-state index in [4.69, 9.17) is 11.5 Å². The molecule has 0 aliphatic rings. The first-order valence-corrected chi connectivity index (χ1v) is 4.77. The number of fused-ring (bicyclic) bond motifs is 1.